The number of nitrogens with zero attached hydrogens (tertiary/aromatic N) is 6. The first-order chi connectivity index (χ1) is 22.3. The number of carbonyl (C=O) groups excluding carboxylic acids is 2. The first-order valence-corrected chi connectivity index (χ1v) is 16.1. The second kappa shape index (κ2) is 12.6. The number of rotatable bonds is 10. The number of allylic oxidation sites excluding steroid dienone is 1. The number of likely N-dealkylation sites (tertiary alicyclic amines) is 1. The van der Waals surface area contributed by atoms with Crippen LogP contribution >= 0.6 is 0 Å². The van der Waals surface area contributed by atoms with Gasteiger partial charge in [0.1, 0.15) is 11.4 Å². The van der Waals surface area contributed by atoms with Crippen molar-refractivity contribution in [2.45, 2.75) is 70.6 Å². The van der Waals surface area contributed by atoms with Gasteiger partial charge >= 0.3 is 5.97 Å². The molecule has 1 saturated carbocycles. The number of aryl methyl sites for hydroxylation is 1. The highest BCUT2D eigenvalue weighted by Crippen LogP contribution is 2.34. The van der Waals surface area contributed by atoms with Crippen molar-refractivity contribution in [3.63, 3.8) is 0 Å². The van der Waals surface area contributed by atoms with Crippen LogP contribution in [0.25, 0.3) is 33.2 Å². The maximum atomic E-state index is 13.1. The molecule has 0 bridgehead atoms. The molecule has 1 aliphatic carbocycles. The lowest BCUT2D eigenvalue weighted by molar-refractivity contribution is -0.114. The molecule has 9 nitrogen and oxygen atoms in total. The molecule has 0 amide bonds. The van der Waals surface area contributed by atoms with Crippen LogP contribution in [0.4, 0.5) is 0 Å². The van der Waals surface area contributed by atoms with E-state index in [-0.39, 0.29) is 18.3 Å². The van der Waals surface area contributed by atoms with Gasteiger partial charge in [-0.05, 0) is 75.9 Å². The van der Waals surface area contributed by atoms with Gasteiger partial charge in [-0.2, -0.15) is 0 Å². The molecule has 1 saturated heterocycles. The van der Waals surface area contributed by atoms with Gasteiger partial charge in [0.25, 0.3) is 0 Å². The average molecular weight is 615 g/mol. The zero-order valence-electron chi connectivity index (χ0n) is 26.5. The largest absolute Gasteiger partial charge is 0.459 e. The maximum absolute atomic E-state index is 13.1. The fraction of sp³-hybridized carbons (Fsp3) is 0.351. The smallest absolute Gasteiger partial charge is 0.342 e. The topological polar surface area (TPSA) is 103 Å². The Morgan fingerprint density at radius 2 is 1.87 bits per heavy atom. The average Bonchev–Trinajstić information content (AvgIpc) is 3.68. The van der Waals surface area contributed by atoms with Gasteiger partial charge in [-0.3, -0.25) is 14.7 Å². The summed E-state index contributed by atoms with van der Waals surface area (Å²) < 4.78 is 7.58. The summed E-state index contributed by atoms with van der Waals surface area (Å²) in [7, 11) is 1.98. The fourth-order valence-corrected chi connectivity index (χ4v) is 6.48. The first kappa shape index (κ1) is 29.9. The van der Waals surface area contributed by atoms with E-state index in [1.165, 1.54) is 19.3 Å². The second-order valence-corrected chi connectivity index (χ2v) is 12.7. The maximum Gasteiger partial charge on any atom is 0.342 e. The predicted octanol–water partition coefficient (Wildman–Crippen LogP) is 6.03. The lowest BCUT2D eigenvalue weighted by Gasteiger charge is -2.20. The predicted molar refractivity (Wildman–Crippen MR) is 177 cm³/mol. The highest BCUT2D eigenvalue weighted by molar-refractivity contribution is 6.02. The number of aromatic nitrogens is 5. The van der Waals surface area contributed by atoms with E-state index in [0.717, 1.165) is 40.5 Å². The lowest BCUT2D eigenvalue weighted by Crippen LogP contribution is -2.30. The van der Waals surface area contributed by atoms with E-state index < -0.39 is 5.97 Å². The molecule has 7 rings (SSSR count). The second-order valence-electron chi connectivity index (χ2n) is 12.7. The van der Waals surface area contributed by atoms with Crippen molar-refractivity contribution in [3.8, 4) is 11.3 Å². The van der Waals surface area contributed by atoms with E-state index in [1.807, 2.05) is 74.1 Å². The molecule has 5 aromatic rings. The van der Waals surface area contributed by atoms with Gasteiger partial charge < -0.3 is 9.30 Å². The minimum Gasteiger partial charge on any atom is -0.459 e. The SMILES string of the molecule is CC(C)OC(=O)c1cnc(Cc2ccc3ncc(CC(=O)/C=C/C4CCCN4C4CC4)nc3c2)nc1-c1cn(C)c2ccccc12. The number of hydrogen-bond acceptors (Lipinski definition) is 8. The van der Waals surface area contributed by atoms with Crippen molar-refractivity contribution >= 4 is 33.7 Å². The van der Waals surface area contributed by atoms with Gasteiger partial charge in [-0.1, -0.05) is 30.3 Å². The third-order valence-corrected chi connectivity index (χ3v) is 8.79. The number of ether oxygens (including phenoxy) is 1. The number of fused-ring (bicyclic) bond motifs is 2. The van der Waals surface area contributed by atoms with Gasteiger partial charge in [0.05, 0.1) is 34.9 Å². The molecule has 234 valence electrons. The van der Waals surface area contributed by atoms with Crippen molar-refractivity contribution in [1.82, 2.24) is 29.4 Å². The van der Waals surface area contributed by atoms with Crippen molar-refractivity contribution in [2.75, 3.05) is 6.54 Å². The van der Waals surface area contributed by atoms with E-state index in [9.17, 15) is 9.59 Å². The lowest BCUT2D eigenvalue weighted by atomic mass is 10.0. The van der Waals surface area contributed by atoms with Crippen molar-refractivity contribution in [2.24, 2.45) is 7.05 Å². The van der Waals surface area contributed by atoms with Gasteiger partial charge in [-0.25, -0.2) is 19.7 Å². The molecule has 2 aromatic carbocycles. The summed E-state index contributed by atoms with van der Waals surface area (Å²) in [5.74, 6) is 0.156. The summed E-state index contributed by atoms with van der Waals surface area (Å²) >= 11 is 0. The van der Waals surface area contributed by atoms with Crippen LogP contribution in [-0.4, -0.2) is 65.9 Å². The third-order valence-electron chi connectivity index (χ3n) is 8.79. The van der Waals surface area contributed by atoms with Gasteiger partial charge in [0.2, 0.25) is 0 Å². The van der Waals surface area contributed by atoms with Crippen molar-refractivity contribution in [1.29, 1.82) is 0 Å². The Morgan fingerprint density at radius 1 is 1.02 bits per heavy atom. The Bertz CT molecular complexity index is 1980. The number of esters is 1. The van der Waals surface area contributed by atoms with E-state index in [2.05, 4.69) is 20.9 Å². The summed E-state index contributed by atoms with van der Waals surface area (Å²) in [5, 5.41) is 0.995. The minimum absolute atomic E-state index is 0.0397. The molecule has 0 spiro atoms. The number of benzene rings is 2. The van der Waals surface area contributed by atoms with E-state index in [1.54, 1.807) is 18.5 Å². The Labute approximate surface area is 268 Å². The highest BCUT2D eigenvalue weighted by atomic mass is 16.5. The van der Waals surface area contributed by atoms with Gasteiger partial charge in [-0.15, -0.1) is 0 Å². The van der Waals surface area contributed by atoms with Crippen molar-refractivity contribution < 1.29 is 14.3 Å². The van der Waals surface area contributed by atoms with Crippen LogP contribution < -0.4 is 0 Å². The molecule has 46 heavy (non-hydrogen) atoms. The van der Waals surface area contributed by atoms with Crippen LogP contribution in [-0.2, 0) is 29.4 Å². The molecule has 2 fully saturated rings. The summed E-state index contributed by atoms with van der Waals surface area (Å²) in [6, 6.07) is 15.0. The monoisotopic (exact) mass is 614 g/mol. The van der Waals surface area contributed by atoms with Crippen LogP contribution in [0.5, 0.6) is 0 Å². The number of ketones is 1. The zero-order valence-corrected chi connectivity index (χ0v) is 26.5. The van der Waals surface area contributed by atoms with Gasteiger partial charge in [0.15, 0.2) is 5.78 Å². The Balaban J connectivity index is 1.13. The third kappa shape index (κ3) is 6.33. The van der Waals surface area contributed by atoms with Crippen LogP contribution in [0.15, 0.2) is 73.2 Å². The summed E-state index contributed by atoms with van der Waals surface area (Å²) in [6.45, 7) is 4.78. The number of para-hydroxylation sites is 1. The van der Waals surface area contributed by atoms with E-state index in [0.29, 0.717) is 46.8 Å². The highest BCUT2D eigenvalue weighted by Gasteiger charge is 2.35. The molecule has 3 aromatic heterocycles. The fourth-order valence-electron chi connectivity index (χ4n) is 6.48. The molecule has 1 atom stereocenters. The molecule has 0 radical (unpaired) electrons. The molecule has 0 N–H and O–H groups in total. The van der Waals surface area contributed by atoms with E-state index in [4.69, 9.17) is 14.7 Å². The summed E-state index contributed by atoms with van der Waals surface area (Å²) in [6.07, 6.45) is 14.3. The molecule has 9 heteroatoms. The molecular weight excluding hydrogens is 576 g/mol. The van der Waals surface area contributed by atoms with Crippen LogP contribution in [0.2, 0.25) is 0 Å². The van der Waals surface area contributed by atoms with Crippen LogP contribution in [0.1, 0.15) is 67.0 Å². The quantitative estimate of drug-likeness (QED) is 0.139. The molecule has 1 aliphatic heterocycles. The van der Waals surface area contributed by atoms with Gasteiger partial charge in [0, 0.05) is 60.6 Å². The van der Waals surface area contributed by atoms with Crippen molar-refractivity contribution in [3.05, 3.63) is 95.9 Å². The van der Waals surface area contributed by atoms with Crippen LogP contribution in [0.3, 0.4) is 0 Å². The first-order valence-electron chi connectivity index (χ1n) is 16.1. The number of hydrogen-bond donors (Lipinski definition) is 0. The summed E-state index contributed by atoms with van der Waals surface area (Å²) in [4.78, 5) is 47.4. The molecule has 4 heterocycles. The minimum atomic E-state index is -0.453. The zero-order chi connectivity index (χ0) is 31.8. The Morgan fingerprint density at radius 3 is 2.70 bits per heavy atom. The Hall–Kier alpha value is -4.76. The Kier molecular flexibility index (Phi) is 8.17. The van der Waals surface area contributed by atoms with Crippen LogP contribution in [0, 0.1) is 0 Å². The molecule has 1 unspecified atom stereocenters. The molecular formula is C37H38N6O3. The standard InChI is InChI=1S/C37H38N6O3/c1-23(2)46-37(45)30-21-39-35(41-36(30)31-22-42(3)34-9-5-4-8-29(31)34)18-24-10-15-32-33(17-24)40-25(20-38-32)19-28(44)14-13-26-7-6-16-43(26)27-11-12-27/h4-5,8-10,13-15,17,20-23,26-27H,6-7,11-12,16,18-19H2,1-3H3/b14-13+. The van der Waals surface area contributed by atoms with E-state index >= 15 is 0 Å². The molecule has 2 aliphatic rings. The normalized spacial score (nSPS) is 17.1. The number of carbonyl (C=O) groups is 2. The summed E-state index contributed by atoms with van der Waals surface area (Å²) in [5.41, 5.74) is 5.82.